The Labute approximate surface area is 218 Å². The Bertz CT molecular complexity index is 1640. The highest BCUT2D eigenvalue weighted by molar-refractivity contribution is 7.17. The number of nitrogens with one attached hydrogen (secondary N) is 2. The predicted molar refractivity (Wildman–Crippen MR) is 151 cm³/mol. The smallest absolute Gasteiger partial charge is 0.263 e. The van der Waals surface area contributed by atoms with Crippen LogP contribution in [0.1, 0.15) is 24.0 Å². The van der Waals surface area contributed by atoms with Crippen LogP contribution in [0.25, 0.3) is 21.3 Å². The second kappa shape index (κ2) is 10.0. The molecule has 1 aliphatic rings. The fourth-order valence-corrected chi connectivity index (χ4v) is 5.78. The first-order chi connectivity index (χ1) is 18.1. The first kappa shape index (κ1) is 23.2. The van der Waals surface area contributed by atoms with Gasteiger partial charge in [-0.1, -0.05) is 36.4 Å². The van der Waals surface area contributed by atoms with Crippen molar-refractivity contribution in [2.75, 3.05) is 10.6 Å². The summed E-state index contributed by atoms with van der Waals surface area (Å²) in [6.45, 7) is -0.106. The van der Waals surface area contributed by atoms with Gasteiger partial charge in [0.15, 0.2) is 0 Å². The van der Waals surface area contributed by atoms with Crippen molar-refractivity contribution in [2.45, 2.75) is 32.2 Å². The van der Waals surface area contributed by atoms with Crippen LogP contribution in [0.2, 0.25) is 0 Å². The third kappa shape index (κ3) is 4.90. The molecule has 2 heterocycles. The molecule has 37 heavy (non-hydrogen) atoms. The van der Waals surface area contributed by atoms with E-state index in [2.05, 4.69) is 33.8 Å². The van der Waals surface area contributed by atoms with E-state index in [0.29, 0.717) is 15.9 Å². The van der Waals surface area contributed by atoms with E-state index in [1.165, 1.54) is 46.2 Å². The maximum Gasteiger partial charge on any atom is 0.263 e. The van der Waals surface area contributed by atoms with Crippen LogP contribution in [0, 0.1) is 0 Å². The molecule has 1 aliphatic carbocycles. The first-order valence-electron chi connectivity index (χ1n) is 12.4. The number of fused-ring (bicyclic) bond motifs is 2. The number of anilines is 3. The van der Waals surface area contributed by atoms with Gasteiger partial charge in [-0.05, 0) is 78.8 Å². The molecule has 1 amide bonds. The molecular weight excluding hydrogens is 480 g/mol. The molecule has 5 aromatic rings. The Kier molecular flexibility index (Phi) is 6.28. The fraction of sp³-hybridized carbons (Fsp3) is 0.167. The van der Waals surface area contributed by atoms with Gasteiger partial charge in [-0.15, -0.1) is 11.3 Å². The summed E-state index contributed by atoms with van der Waals surface area (Å²) in [4.78, 5) is 31.4. The zero-order valence-electron chi connectivity index (χ0n) is 20.2. The third-order valence-corrected chi connectivity index (χ3v) is 7.65. The number of rotatable bonds is 6. The Hall–Kier alpha value is -4.23. The minimum Gasteiger partial charge on any atom is -0.356 e. The molecule has 0 radical (unpaired) electrons. The summed E-state index contributed by atoms with van der Waals surface area (Å²) in [6, 6.07) is 23.9. The van der Waals surface area contributed by atoms with E-state index >= 15 is 0 Å². The van der Waals surface area contributed by atoms with E-state index in [1.807, 2.05) is 60.0 Å². The molecule has 2 aromatic heterocycles. The first-order valence-corrected chi connectivity index (χ1v) is 13.3. The van der Waals surface area contributed by atoms with Crippen LogP contribution in [-0.2, 0) is 24.2 Å². The number of para-hydroxylation sites is 1. The lowest BCUT2D eigenvalue weighted by Gasteiger charge is -2.16. The Morgan fingerprint density at radius 2 is 1.62 bits per heavy atom. The number of thiophene rings is 1. The number of hydrogen-bond acceptors (Lipinski definition) is 5. The van der Waals surface area contributed by atoms with Crippen molar-refractivity contribution < 1.29 is 4.79 Å². The van der Waals surface area contributed by atoms with Gasteiger partial charge in [-0.2, -0.15) is 0 Å². The Balaban J connectivity index is 1.19. The average Bonchev–Trinajstić information content (AvgIpc) is 3.37. The van der Waals surface area contributed by atoms with Crippen molar-refractivity contribution in [3.05, 3.63) is 106 Å². The lowest BCUT2D eigenvalue weighted by Crippen LogP contribution is -2.27. The van der Waals surface area contributed by atoms with Crippen LogP contribution in [0.15, 0.2) is 89.3 Å². The van der Waals surface area contributed by atoms with Crippen LogP contribution in [0.3, 0.4) is 0 Å². The zero-order valence-corrected chi connectivity index (χ0v) is 21.1. The number of hydrogen-bond donors (Lipinski definition) is 2. The largest absolute Gasteiger partial charge is 0.356 e. The average molecular weight is 507 g/mol. The summed E-state index contributed by atoms with van der Waals surface area (Å²) in [7, 11) is 0. The molecule has 0 spiro atoms. The number of aromatic nitrogens is 2. The van der Waals surface area contributed by atoms with Crippen LogP contribution in [0.4, 0.5) is 17.1 Å². The summed E-state index contributed by atoms with van der Waals surface area (Å²) < 4.78 is 1.39. The second-order valence-electron chi connectivity index (χ2n) is 9.31. The molecule has 0 aliphatic heterocycles. The number of carbonyl (C=O) groups is 1. The lowest BCUT2D eigenvalue weighted by molar-refractivity contribution is -0.116. The van der Waals surface area contributed by atoms with E-state index in [0.717, 1.165) is 35.3 Å². The summed E-state index contributed by atoms with van der Waals surface area (Å²) in [5.74, 6) is -0.280. The van der Waals surface area contributed by atoms with Gasteiger partial charge in [0.2, 0.25) is 5.91 Å². The number of amides is 1. The summed E-state index contributed by atoms with van der Waals surface area (Å²) in [5, 5.41) is 8.77. The Morgan fingerprint density at radius 1 is 0.892 bits per heavy atom. The molecule has 0 saturated carbocycles. The second-order valence-corrected chi connectivity index (χ2v) is 10.2. The van der Waals surface area contributed by atoms with E-state index in [-0.39, 0.29) is 18.0 Å². The molecule has 184 valence electrons. The summed E-state index contributed by atoms with van der Waals surface area (Å²) in [5.41, 5.74) is 7.08. The number of aryl methyl sites for hydroxylation is 2. The molecule has 7 heteroatoms. The minimum atomic E-state index is -0.280. The molecule has 0 atom stereocenters. The highest BCUT2D eigenvalue weighted by atomic mass is 32.1. The molecule has 0 fully saturated rings. The van der Waals surface area contributed by atoms with Crippen molar-refractivity contribution in [2.24, 2.45) is 0 Å². The van der Waals surface area contributed by atoms with Gasteiger partial charge in [0.1, 0.15) is 11.4 Å². The molecule has 3 aromatic carbocycles. The highest BCUT2D eigenvalue weighted by Crippen LogP contribution is 2.33. The number of nitrogens with zero attached hydrogens (tertiary/aromatic N) is 2. The maximum absolute atomic E-state index is 13.4. The van der Waals surface area contributed by atoms with Gasteiger partial charge >= 0.3 is 0 Å². The van der Waals surface area contributed by atoms with Gasteiger partial charge in [0.05, 0.1) is 11.7 Å². The zero-order chi connectivity index (χ0) is 25.2. The van der Waals surface area contributed by atoms with Gasteiger partial charge in [0.25, 0.3) is 5.56 Å². The third-order valence-electron chi connectivity index (χ3n) is 6.77. The van der Waals surface area contributed by atoms with Crippen LogP contribution in [-0.4, -0.2) is 15.5 Å². The quantitative estimate of drug-likeness (QED) is 0.280. The topological polar surface area (TPSA) is 76.0 Å². The van der Waals surface area contributed by atoms with E-state index < -0.39 is 0 Å². The standard InChI is InChI=1S/C30H26N4O2S/c35-27(33-25-14-12-24(13-15-25)32-23-8-2-1-3-9-23)17-34-19-31-29-28(30(34)36)26(18-37-29)22-11-10-20-6-4-5-7-21(20)16-22/h1-3,8-16,18-19,32H,4-7,17H2,(H,33,35). The monoisotopic (exact) mass is 506 g/mol. The fourth-order valence-electron chi connectivity index (χ4n) is 4.87. The number of carbonyl (C=O) groups excluding carboxylic acids is 1. The van der Waals surface area contributed by atoms with Crippen molar-refractivity contribution in [1.29, 1.82) is 0 Å². The van der Waals surface area contributed by atoms with Gasteiger partial charge in [-0.3, -0.25) is 14.2 Å². The van der Waals surface area contributed by atoms with Gasteiger partial charge in [-0.25, -0.2) is 4.98 Å². The van der Waals surface area contributed by atoms with Crippen molar-refractivity contribution in [1.82, 2.24) is 9.55 Å². The van der Waals surface area contributed by atoms with Crippen molar-refractivity contribution in [3.63, 3.8) is 0 Å². The number of benzene rings is 3. The van der Waals surface area contributed by atoms with Crippen molar-refractivity contribution >= 4 is 44.5 Å². The molecular formula is C30H26N4O2S. The molecule has 2 N–H and O–H groups in total. The molecule has 0 unspecified atom stereocenters. The summed E-state index contributed by atoms with van der Waals surface area (Å²) >= 11 is 1.46. The molecule has 6 rings (SSSR count). The maximum atomic E-state index is 13.4. The Morgan fingerprint density at radius 3 is 2.43 bits per heavy atom. The van der Waals surface area contributed by atoms with E-state index in [9.17, 15) is 9.59 Å². The van der Waals surface area contributed by atoms with Gasteiger partial charge in [0, 0.05) is 28.0 Å². The highest BCUT2D eigenvalue weighted by Gasteiger charge is 2.17. The van der Waals surface area contributed by atoms with Crippen molar-refractivity contribution in [3.8, 4) is 11.1 Å². The predicted octanol–water partition coefficient (Wildman–Crippen LogP) is 6.39. The van der Waals surface area contributed by atoms with E-state index in [1.54, 1.807) is 0 Å². The van der Waals surface area contributed by atoms with Crippen LogP contribution in [0.5, 0.6) is 0 Å². The van der Waals surface area contributed by atoms with Crippen LogP contribution >= 0.6 is 11.3 Å². The molecule has 0 saturated heterocycles. The molecule has 6 nitrogen and oxygen atoms in total. The van der Waals surface area contributed by atoms with Gasteiger partial charge < -0.3 is 10.6 Å². The summed E-state index contributed by atoms with van der Waals surface area (Å²) in [6.07, 6.45) is 6.10. The normalized spacial score (nSPS) is 12.8. The lowest BCUT2D eigenvalue weighted by atomic mass is 9.89. The van der Waals surface area contributed by atoms with E-state index in [4.69, 9.17) is 0 Å². The SMILES string of the molecule is O=C(Cn1cnc2scc(-c3ccc4c(c3)CCCC4)c2c1=O)Nc1ccc(Nc2ccccc2)cc1. The minimum absolute atomic E-state index is 0.106. The molecule has 0 bridgehead atoms. The van der Waals surface area contributed by atoms with Crippen LogP contribution < -0.4 is 16.2 Å².